The van der Waals surface area contributed by atoms with Crippen molar-refractivity contribution < 1.29 is 4.74 Å². The van der Waals surface area contributed by atoms with Crippen LogP contribution in [0, 0.1) is 5.41 Å². The van der Waals surface area contributed by atoms with E-state index in [4.69, 9.17) is 4.74 Å². The van der Waals surface area contributed by atoms with Crippen LogP contribution in [0.3, 0.4) is 0 Å². The largest absolute Gasteiger partial charge is 0.383 e. The lowest BCUT2D eigenvalue weighted by molar-refractivity contribution is 0.0137. The molecule has 1 fully saturated rings. The van der Waals surface area contributed by atoms with Crippen molar-refractivity contribution in [1.82, 2.24) is 0 Å². The third-order valence-corrected chi connectivity index (χ3v) is 2.20. The Balaban J connectivity index is 2.45. The minimum atomic E-state index is 0.338. The van der Waals surface area contributed by atoms with Gasteiger partial charge in [0.2, 0.25) is 0 Å². The van der Waals surface area contributed by atoms with E-state index in [-0.39, 0.29) is 0 Å². The van der Waals surface area contributed by atoms with E-state index >= 15 is 0 Å². The molecule has 1 saturated heterocycles. The van der Waals surface area contributed by atoms with Crippen molar-refractivity contribution in [1.29, 1.82) is 0 Å². The molecule has 0 N–H and O–H groups in total. The van der Waals surface area contributed by atoms with Crippen molar-refractivity contribution in [3.05, 3.63) is 0 Å². The fourth-order valence-electron chi connectivity index (χ4n) is 1.44. The lowest BCUT2D eigenvalue weighted by Crippen LogP contribution is -2.26. The summed E-state index contributed by atoms with van der Waals surface area (Å²) in [6.07, 6.45) is 2.97. The van der Waals surface area contributed by atoms with Gasteiger partial charge in [0.25, 0.3) is 0 Å². The van der Waals surface area contributed by atoms with Gasteiger partial charge in [0.1, 0.15) is 7.85 Å². The van der Waals surface area contributed by atoms with Crippen LogP contribution in [-0.4, -0.2) is 20.0 Å². The fourth-order valence-corrected chi connectivity index (χ4v) is 1.44. The first-order valence-corrected chi connectivity index (χ1v) is 4.15. The van der Waals surface area contributed by atoms with Crippen LogP contribution in [0.1, 0.15) is 33.6 Å². The summed E-state index contributed by atoms with van der Waals surface area (Å²) in [5.74, 6) is 0. The van der Waals surface area contributed by atoms with Gasteiger partial charge in [-0.1, -0.05) is 20.8 Å². The van der Waals surface area contributed by atoms with Crippen LogP contribution in [0.15, 0.2) is 0 Å². The second-order valence-electron chi connectivity index (χ2n) is 4.38. The van der Waals surface area contributed by atoms with Gasteiger partial charge < -0.3 is 4.74 Å². The SMILES string of the molecule is BC1CCC(C(C)(C)C)O1. The molecular formula is C8H17BO. The molecule has 0 spiro atoms. The van der Waals surface area contributed by atoms with E-state index in [2.05, 4.69) is 28.6 Å². The summed E-state index contributed by atoms with van der Waals surface area (Å²) < 4.78 is 5.73. The number of hydrogen-bond acceptors (Lipinski definition) is 1. The van der Waals surface area contributed by atoms with Crippen LogP contribution >= 0.6 is 0 Å². The van der Waals surface area contributed by atoms with Gasteiger partial charge in [-0.15, -0.1) is 0 Å². The molecule has 58 valence electrons. The summed E-state index contributed by atoms with van der Waals surface area (Å²) in [4.78, 5) is 0. The maximum absolute atomic E-state index is 5.73. The molecule has 2 unspecified atom stereocenters. The van der Waals surface area contributed by atoms with Gasteiger partial charge in [-0.3, -0.25) is 0 Å². The van der Waals surface area contributed by atoms with Gasteiger partial charge >= 0.3 is 0 Å². The molecule has 2 heteroatoms. The zero-order valence-corrected chi connectivity index (χ0v) is 7.48. The van der Waals surface area contributed by atoms with Crippen LogP contribution in [0.5, 0.6) is 0 Å². The lowest BCUT2D eigenvalue weighted by Gasteiger charge is -2.26. The standard InChI is InChI=1S/C8H17BO/c1-8(2,3)6-4-5-7(9)10-6/h6-7H,4-5,9H2,1-3H3. The first-order valence-electron chi connectivity index (χ1n) is 4.15. The van der Waals surface area contributed by atoms with Crippen molar-refractivity contribution in [2.45, 2.75) is 45.7 Å². The smallest absolute Gasteiger partial charge is 0.139 e. The van der Waals surface area contributed by atoms with Crippen molar-refractivity contribution in [3.8, 4) is 0 Å². The van der Waals surface area contributed by atoms with E-state index in [0.717, 1.165) is 0 Å². The first kappa shape index (κ1) is 8.12. The summed E-state index contributed by atoms with van der Waals surface area (Å²) in [6, 6.07) is 0.490. The van der Waals surface area contributed by atoms with Crippen LogP contribution in [0.25, 0.3) is 0 Å². The maximum Gasteiger partial charge on any atom is 0.139 e. The highest BCUT2D eigenvalue weighted by Crippen LogP contribution is 2.31. The normalized spacial score (nSPS) is 34.7. The molecule has 0 bridgehead atoms. The average molecular weight is 140 g/mol. The quantitative estimate of drug-likeness (QED) is 0.459. The average Bonchev–Trinajstić information content (AvgIpc) is 2.11. The summed E-state index contributed by atoms with van der Waals surface area (Å²) in [6.45, 7) is 6.74. The van der Waals surface area contributed by atoms with Crippen LogP contribution < -0.4 is 0 Å². The highest BCUT2D eigenvalue weighted by atomic mass is 16.5. The second-order valence-corrected chi connectivity index (χ2v) is 4.38. The predicted octanol–water partition coefficient (Wildman–Crippen LogP) is 1.17. The molecular weight excluding hydrogens is 123 g/mol. The van der Waals surface area contributed by atoms with Crippen molar-refractivity contribution in [2.24, 2.45) is 5.41 Å². The number of ether oxygens (including phenoxy) is 1. The zero-order chi connectivity index (χ0) is 7.78. The highest BCUT2D eigenvalue weighted by Gasteiger charge is 2.31. The zero-order valence-electron chi connectivity index (χ0n) is 7.48. The van der Waals surface area contributed by atoms with Crippen LogP contribution in [0.4, 0.5) is 0 Å². The second kappa shape index (κ2) is 2.57. The Labute approximate surface area is 64.6 Å². The van der Waals surface area contributed by atoms with Gasteiger partial charge in [-0.05, 0) is 18.3 Å². The molecule has 1 aliphatic heterocycles. The van der Waals surface area contributed by atoms with E-state index in [1.807, 2.05) is 0 Å². The molecule has 2 atom stereocenters. The number of hydrogen-bond donors (Lipinski definition) is 0. The minimum Gasteiger partial charge on any atom is -0.383 e. The van der Waals surface area contributed by atoms with Crippen molar-refractivity contribution >= 4 is 7.85 Å². The van der Waals surface area contributed by atoms with E-state index in [1.165, 1.54) is 12.8 Å². The van der Waals surface area contributed by atoms with E-state index in [1.54, 1.807) is 0 Å². The molecule has 1 aliphatic rings. The van der Waals surface area contributed by atoms with Gasteiger partial charge in [-0.25, -0.2) is 0 Å². The predicted molar refractivity (Wildman–Crippen MR) is 45.9 cm³/mol. The molecule has 1 heterocycles. The third-order valence-electron chi connectivity index (χ3n) is 2.20. The molecule has 0 aromatic heterocycles. The molecule has 10 heavy (non-hydrogen) atoms. The molecule has 0 aromatic carbocycles. The first-order chi connectivity index (χ1) is 4.50. The Bertz CT molecular complexity index is 117. The van der Waals surface area contributed by atoms with E-state index < -0.39 is 0 Å². The Kier molecular flexibility index (Phi) is 2.09. The Morgan fingerprint density at radius 2 is 1.90 bits per heavy atom. The molecule has 0 aromatic rings. The lowest BCUT2D eigenvalue weighted by atomic mass is 9.87. The molecule has 0 radical (unpaired) electrons. The monoisotopic (exact) mass is 140 g/mol. The van der Waals surface area contributed by atoms with Crippen LogP contribution in [-0.2, 0) is 4.74 Å². The number of rotatable bonds is 0. The van der Waals surface area contributed by atoms with Crippen LogP contribution in [0.2, 0.25) is 0 Å². The molecule has 1 rings (SSSR count). The fraction of sp³-hybridized carbons (Fsp3) is 1.00. The van der Waals surface area contributed by atoms with Gasteiger partial charge in [0.15, 0.2) is 0 Å². The summed E-state index contributed by atoms with van der Waals surface area (Å²) in [7, 11) is 2.16. The van der Waals surface area contributed by atoms with E-state index in [0.29, 0.717) is 17.5 Å². The molecule has 0 saturated carbocycles. The topological polar surface area (TPSA) is 9.23 Å². The summed E-state index contributed by atoms with van der Waals surface area (Å²) >= 11 is 0. The molecule has 1 nitrogen and oxygen atoms in total. The Hall–Kier alpha value is 0.0249. The maximum atomic E-state index is 5.73. The Morgan fingerprint density at radius 3 is 2.10 bits per heavy atom. The minimum absolute atomic E-state index is 0.338. The van der Waals surface area contributed by atoms with Crippen molar-refractivity contribution in [3.63, 3.8) is 0 Å². The van der Waals surface area contributed by atoms with Crippen molar-refractivity contribution in [2.75, 3.05) is 0 Å². The molecule has 0 amide bonds. The van der Waals surface area contributed by atoms with E-state index in [9.17, 15) is 0 Å². The summed E-state index contributed by atoms with van der Waals surface area (Å²) in [5.41, 5.74) is 0.338. The van der Waals surface area contributed by atoms with Gasteiger partial charge in [-0.2, -0.15) is 0 Å². The van der Waals surface area contributed by atoms with Gasteiger partial charge in [0.05, 0.1) is 6.10 Å². The Morgan fingerprint density at radius 1 is 1.30 bits per heavy atom. The third kappa shape index (κ3) is 1.75. The summed E-state index contributed by atoms with van der Waals surface area (Å²) in [5, 5.41) is 0. The molecule has 0 aliphatic carbocycles. The van der Waals surface area contributed by atoms with Gasteiger partial charge in [0, 0.05) is 6.00 Å². The highest BCUT2D eigenvalue weighted by molar-refractivity contribution is 6.11.